The second-order valence-electron chi connectivity index (χ2n) is 18.5. The Balaban J connectivity index is 1.37. The molecule has 0 bridgehead atoms. The highest BCUT2D eigenvalue weighted by Gasteiger charge is 2.28. The van der Waals surface area contributed by atoms with Crippen LogP contribution < -0.4 is 4.90 Å². The average Bonchev–Trinajstić information content (AvgIpc) is 3.63. The summed E-state index contributed by atoms with van der Waals surface area (Å²) in [6, 6.07) is 49.1. The van der Waals surface area contributed by atoms with E-state index < -0.39 is 0 Å². The smallest absolute Gasteiger partial charge is 0.149 e. The minimum absolute atomic E-state index is 0.154. The Labute approximate surface area is 361 Å². The predicted molar refractivity (Wildman–Crippen MR) is 258 cm³/mol. The van der Waals surface area contributed by atoms with Crippen molar-refractivity contribution in [2.75, 3.05) is 11.9 Å². The second kappa shape index (κ2) is 16.0. The molecular formula is C56H56N4O. The van der Waals surface area contributed by atoms with Crippen molar-refractivity contribution in [1.82, 2.24) is 14.5 Å². The third-order valence-corrected chi connectivity index (χ3v) is 11.8. The summed E-state index contributed by atoms with van der Waals surface area (Å²) < 4.78 is 2.20. The van der Waals surface area contributed by atoms with Crippen LogP contribution in [0.1, 0.15) is 76.3 Å². The normalized spacial score (nSPS) is 12.3. The van der Waals surface area contributed by atoms with Gasteiger partial charge in [-0.05, 0) is 143 Å². The molecule has 0 aliphatic carbocycles. The molecule has 0 unspecified atom stereocenters. The number of imidazole rings is 1. The summed E-state index contributed by atoms with van der Waals surface area (Å²) in [5.41, 5.74) is 17.2. The van der Waals surface area contributed by atoms with Gasteiger partial charge >= 0.3 is 0 Å². The fraction of sp³-hybridized carbons (Fsp3) is 0.214. The van der Waals surface area contributed by atoms with Gasteiger partial charge in [-0.2, -0.15) is 0 Å². The van der Waals surface area contributed by atoms with Crippen LogP contribution in [0.15, 0.2) is 152 Å². The van der Waals surface area contributed by atoms with E-state index in [9.17, 15) is 5.11 Å². The van der Waals surface area contributed by atoms with Crippen LogP contribution in [0.5, 0.6) is 5.75 Å². The molecule has 5 nitrogen and oxygen atoms in total. The van der Waals surface area contributed by atoms with Gasteiger partial charge in [0.2, 0.25) is 0 Å². The van der Waals surface area contributed by atoms with Crippen molar-refractivity contribution in [2.45, 2.75) is 73.1 Å². The van der Waals surface area contributed by atoms with Crippen molar-refractivity contribution in [3.05, 3.63) is 180 Å². The summed E-state index contributed by atoms with van der Waals surface area (Å²) in [7, 11) is 2.08. The number of phenolic OH excluding ortho intramolecular Hbond substituents is 1. The maximum absolute atomic E-state index is 12.2. The van der Waals surface area contributed by atoms with Gasteiger partial charge in [-0.3, -0.25) is 9.55 Å². The van der Waals surface area contributed by atoms with Gasteiger partial charge < -0.3 is 10.0 Å². The number of para-hydroxylation sites is 3. The first-order chi connectivity index (χ1) is 29.1. The van der Waals surface area contributed by atoms with Gasteiger partial charge in [-0.15, -0.1) is 0 Å². The molecule has 0 saturated heterocycles. The van der Waals surface area contributed by atoms with Gasteiger partial charge in [-0.25, -0.2) is 4.98 Å². The molecule has 0 aliphatic heterocycles. The molecule has 61 heavy (non-hydrogen) atoms. The Morgan fingerprint density at radius 3 is 1.97 bits per heavy atom. The van der Waals surface area contributed by atoms with E-state index in [2.05, 4.69) is 212 Å². The summed E-state index contributed by atoms with van der Waals surface area (Å²) in [5.74, 6) is 0.963. The zero-order valence-corrected chi connectivity index (χ0v) is 37.2. The third-order valence-electron chi connectivity index (χ3n) is 11.8. The number of rotatable bonds is 8. The number of phenols is 1. The molecule has 0 atom stereocenters. The van der Waals surface area contributed by atoms with Crippen LogP contribution in [0.3, 0.4) is 0 Å². The Morgan fingerprint density at radius 1 is 0.656 bits per heavy atom. The van der Waals surface area contributed by atoms with Crippen molar-refractivity contribution in [1.29, 1.82) is 0 Å². The number of benzene rings is 6. The number of allylic oxidation sites excluding steroid dienone is 1. The van der Waals surface area contributed by atoms with E-state index in [1.54, 1.807) is 0 Å². The maximum atomic E-state index is 12.2. The molecule has 0 radical (unpaired) electrons. The van der Waals surface area contributed by atoms with Crippen LogP contribution in [0.25, 0.3) is 67.2 Å². The minimum atomic E-state index is -0.295. The number of fused-ring (bicyclic) bond motifs is 1. The van der Waals surface area contributed by atoms with Gasteiger partial charge in [0, 0.05) is 47.5 Å². The molecule has 0 spiro atoms. The molecule has 2 heterocycles. The number of pyridine rings is 1. The van der Waals surface area contributed by atoms with Crippen molar-refractivity contribution < 1.29 is 5.11 Å². The van der Waals surface area contributed by atoms with E-state index in [0.717, 1.165) is 78.2 Å². The number of nitrogens with zero attached hydrogens (tertiary/aromatic N) is 4. The predicted octanol–water partition coefficient (Wildman–Crippen LogP) is 14.5. The Hall–Kier alpha value is -6.72. The number of aromatic nitrogens is 3. The fourth-order valence-electron chi connectivity index (χ4n) is 8.44. The van der Waals surface area contributed by atoms with Gasteiger partial charge in [0.25, 0.3) is 0 Å². The Kier molecular flexibility index (Phi) is 10.8. The Morgan fingerprint density at radius 2 is 1.30 bits per heavy atom. The van der Waals surface area contributed by atoms with Crippen LogP contribution >= 0.6 is 0 Å². The number of anilines is 1. The standard InChI is InChI=1S/C56H56N4O/c1-36-19-17-20-37(2)51(36)42-30-40(29-41(31-42)49-32-39(27-28-57-49)38(3)35-59(10)44-21-13-11-14-22-44)46-25-18-26-50-52(46)58-54(60(50)45-23-15-12-16-24-45)47-33-43(55(4,5)6)34-48(53(47)61)56(7,8)9/h11-35,61H,1-10H3/b38-35-. The van der Waals surface area contributed by atoms with Crippen LogP contribution in [0.4, 0.5) is 5.69 Å². The van der Waals surface area contributed by atoms with Gasteiger partial charge in [-0.1, -0.05) is 114 Å². The zero-order valence-electron chi connectivity index (χ0n) is 37.2. The average molecular weight is 801 g/mol. The molecule has 8 aromatic rings. The van der Waals surface area contributed by atoms with Gasteiger partial charge in [0.1, 0.15) is 11.6 Å². The quantitative estimate of drug-likeness (QED) is 0.166. The summed E-state index contributed by atoms with van der Waals surface area (Å²) >= 11 is 0. The van der Waals surface area contributed by atoms with Crippen LogP contribution in [0, 0.1) is 13.8 Å². The number of aryl methyl sites for hydroxylation is 2. The highest BCUT2D eigenvalue weighted by atomic mass is 16.3. The van der Waals surface area contributed by atoms with Gasteiger partial charge in [0.05, 0.1) is 22.3 Å². The maximum Gasteiger partial charge on any atom is 0.149 e. The van der Waals surface area contributed by atoms with E-state index in [4.69, 9.17) is 9.97 Å². The molecular weight excluding hydrogens is 745 g/mol. The molecule has 6 aromatic carbocycles. The Bertz CT molecular complexity index is 2910. The lowest BCUT2D eigenvalue weighted by Crippen LogP contribution is -2.17. The lowest BCUT2D eigenvalue weighted by molar-refractivity contribution is 0.446. The largest absolute Gasteiger partial charge is 0.507 e. The summed E-state index contributed by atoms with van der Waals surface area (Å²) in [6.45, 7) is 19.7. The van der Waals surface area contributed by atoms with E-state index in [0.29, 0.717) is 5.82 Å². The van der Waals surface area contributed by atoms with E-state index in [-0.39, 0.29) is 16.6 Å². The summed E-state index contributed by atoms with van der Waals surface area (Å²) in [5, 5.41) is 12.2. The van der Waals surface area contributed by atoms with Crippen molar-refractivity contribution in [2.24, 2.45) is 0 Å². The van der Waals surface area contributed by atoms with E-state index in [1.807, 2.05) is 18.3 Å². The number of aromatic hydroxyl groups is 1. The molecule has 8 rings (SSSR count). The third kappa shape index (κ3) is 8.13. The number of hydrogen-bond donors (Lipinski definition) is 1. The first-order valence-corrected chi connectivity index (χ1v) is 21.2. The molecule has 0 saturated carbocycles. The molecule has 5 heteroatoms. The molecule has 0 aliphatic rings. The van der Waals surface area contributed by atoms with Crippen molar-refractivity contribution in [3.63, 3.8) is 0 Å². The van der Waals surface area contributed by atoms with Crippen molar-refractivity contribution in [3.8, 4) is 56.3 Å². The second-order valence-corrected chi connectivity index (χ2v) is 18.5. The molecule has 306 valence electrons. The zero-order chi connectivity index (χ0) is 43.2. The van der Waals surface area contributed by atoms with E-state index >= 15 is 0 Å². The minimum Gasteiger partial charge on any atom is -0.507 e. The molecule has 1 N–H and O–H groups in total. The van der Waals surface area contributed by atoms with Crippen LogP contribution in [-0.4, -0.2) is 26.7 Å². The van der Waals surface area contributed by atoms with Gasteiger partial charge in [0.15, 0.2) is 0 Å². The lowest BCUT2D eigenvalue weighted by atomic mass is 9.79. The number of hydrogen-bond acceptors (Lipinski definition) is 4. The summed E-state index contributed by atoms with van der Waals surface area (Å²) in [6.07, 6.45) is 4.09. The first-order valence-electron chi connectivity index (χ1n) is 21.2. The first kappa shape index (κ1) is 41.0. The lowest BCUT2D eigenvalue weighted by Gasteiger charge is -2.27. The molecule has 0 fully saturated rings. The van der Waals surface area contributed by atoms with E-state index in [1.165, 1.54) is 16.7 Å². The van der Waals surface area contributed by atoms with Crippen molar-refractivity contribution >= 4 is 22.3 Å². The fourth-order valence-corrected chi connectivity index (χ4v) is 8.44. The monoisotopic (exact) mass is 800 g/mol. The summed E-state index contributed by atoms with van der Waals surface area (Å²) in [4.78, 5) is 12.7. The SMILES string of the molecule is C/C(=C/N(C)c1ccccc1)c1ccnc(-c2cc(-c3c(C)cccc3C)cc(-c3cccc4c3nc(-c3cc(C(C)(C)C)cc(C(C)(C)C)c3O)n4-c3ccccc3)c2)c1. The molecule has 0 amide bonds. The van der Waals surface area contributed by atoms with Crippen LogP contribution in [-0.2, 0) is 10.8 Å². The highest BCUT2D eigenvalue weighted by Crippen LogP contribution is 2.45. The topological polar surface area (TPSA) is 54.2 Å². The van der Waals surface area contributed by atoms with Crippen LogP contribution in [0.2, 0.25) is 0 Å². The highest BCUT2D eigenvalue weighted by molar-refractivity contribution is 5.98. The molecule has 2 aromatic heterocycles.